The molecule has 0 aliphatic heterocycles. The van der Waals surface area contributed by atoms with Gasteiger partial charge in [-0.3, -0.25) is 0 Å². The van der Waals surface area contributed by atoms with Gasteiger partial charge >= 0.3 is 5.97 Å². The summed E-state index contributed by atoms with van der Waals surface area (Å²) in [6.45, 7) is 8.99. The fourth-order valence-corrected chi connectivity index (χ4v) is 1.69. The summed E-state index contributed by atoms with van der Waals surface area (Å²) >= 11 is 0. The van der Waals surface area contributed by atoms with Crippen LogP contribution in [0.4, 0.5) is 0 Å². The van der Waals surface area contributed by atoms with Gasteiger partial charge in [0.25, 0.3) is 0 Å². The van der Waals surface area contributed by atoms with Crippen molar-refractivity contribution in [2.24, 2.45) is 11.1 Å². The van der Waals surface area contributed by atoms with Crippen LogP contribution in [-0.4, -0.2) is 11.1 Å². The second kappa shape index (κ2) is 8.35. The molecule has 3 heteroatoms. The van der Waals surface area contributed by atoms with Crippen LogP contribution in [0.5, 0.6) is 0 Å². The molecule has 0 saturated heterocycles. The maximum absolute atomic E-state index is 9.60. The third-order valence-electron chi connectivity index (χ3n) is 3.23. The standard InChI is InChI=1S/C12H19N.C4H6O2/c1-3-11-5-7-12(4-2,8-6-11)9-10-13;1-3(2)4(5)6/h5-7,9-10H,3-4,8,13H2,1-2H3;1H2,2H3,(H,5,6). The van der Waals surface area contributed by atoms with Crippen LogP contribution in [-0.2, 0) is 4.79 Å². The lowest BCUT2D eigenvalue weighted by Crippen LogP contribution is -2.15. The molecule has 0 radical (unpaired) electrons. The number of carbonyl (C=O) groups is 1. The van der Waals surface area contributed by atoms with Gasteiger partial charge in [-0.1, -0.05) is 50.3 Å². The van der Waals surface area contributed by atoms with Crippen molar-refractivity contribution in [3.05, 3.63) is 48.2 Å². The molecular formula is C16H25NO2. The van der Waals surface area contributed by atoms with Gasteiger partial charge in [-0.2, -0.15) is 0 Å². The van der Waals surface area contributed by atoms with Crippen LogP contribution >= 0.6 is 0 Å². The summed E-state index contributed by atoms with van der Waals surface area (Å²) in [4.78, 5) is 9.60. The molecule has 1 rings (SSSR count). The van der Waals surface area contributed by atoms with E-state index < -0.39 is 5.97 Å². The monoisotopic (exact) mass is 263 g/mol. The smallest absolute Gasteiger partial charge is 0.330 e. The van der Waals surface area contributed by atoms with Crippen LogP contribution in [0.15, 0.2) is 48.2 Å². The Balaban J connectivity index is 0.000000459. The van der Waals surface area contributed by atoms with Crippen molar-refractivity contribution in [3.8, 4) is 0 Å². The summed E-state index contributed by atoms with van der Waals surface area (Å²) < 4.78 is 0. The molecule has 0 spiro atoms. The largest absolute Gasteiger partial charge is 0.478 e. The molecule has 0 fully saturated rings. The van der Waals surface area contributed by atoms with Crippen molar-refractivity contribution in [3.63, 3.8) is 0 Å². The molecule has 0 aromatic rings. The predicted molar refractivity (Wildman–Crippen MR) is 80.6 cm³/mol. The number of allylic oxidation sites excluding steroid dienone is 5. The van der Waals surface area contributed by atoms with Gasteiger partial charge in [-0.25, -0.2) is 4.79 Å². The first kappa shape index (κ1) is 17.2. The number of nitrogens with two attached hydrogens (primary N) is 1. The van der Waals surface area contributed by atoms with Crippen molar-refractivity contribution >= 4 is 5.97 Å². The van der Waals surface area contributed by atoms with Crippen molar-refractivity contribution in [2.75, 3.05) is 0 Å². The average Bonchev–Trinajstić information content (AvgIpc) is 2.40. The van der Waals surface area contributed by atoms with Crippen LogP contribution < -0.4 is 5.73 Å². The highest BCUT2D eigenvalue weighted by Gasteiger charge is 2.22. The van der Waals surface area contributed by atoms with Gasteiger partial charge in [0.2, 0.25) is 0 Å². The van der Waals surface area contributed by atoms with Crippen molar-refractivity contribution < 1.29 is 9.90 Å². The molecule has 1 aliphatic carbocycles. The Morgan fingerprint density at radius 2 is 2.16 bits per heavy atom. The summed E-state index contributed by atoms with van der Waals surface area (Å²) in [5.74, 6) is -0.935. The van der Waals surface area contributed by atoms with Gasteiger partial charge in [0, 0.05) is 11.0 Å². The Bertz CT molecular complexity index is 393. The molecule has 0 amide bonds. The zero-order valence-electron chi connectivity index (χ0n) is 12.1. The summed E-state index contributed by atoms with van der Waals surface area (Å²) in [6, 6.07) is 0. The third-order valence-corrected chi connectivity index (χ3v) is 3.23. The van der Waals surface area contributed by atoms with Gasteiger partial charge in [-0.05, 0) is 32.4 Å². The van der Waals surface area contributed by atoms with Gasteiger partial charge in [-0.15, -0.1) is 0 Å². The second-order valence-electron chi connectivity index (χ2n) is 4.70. The number of rotatable bonds is 4. The number of carboxylic acids is 1. The molecule has 3 nitrogen and oxygen atoms in total. The Hall–Kier alpha value is -1.77. The minimum atomic E-state index is -0.935. The maximum Gasteiger partial charge on any atom is 0.330 e. The molecule has 0 aromatic carbocycles. The Morgan fingerprint density at radius 3 is 2.42 bits per heavy atom. The Labute approximate surface area is 116 Å². The molecule has 0 heterocycles. The number of aliphatic carboxylic acids is 1. The first-order valence-electron chi connectivity index (χ1n) is 6.57. The van der Waals surface area contributed by atoms with Crippen LogP contribution in [0.2, 0.25) is 0 Å². The summed E-state index contributed by atoms with van der Waals surface area (Å²) in [5, 5.41) is 7.89. The van der Waals surface area contributed by atoms with Crippen LogP contribution in [0, 0.1) is 5.41 Å². The van der Waals surface area contributed by atoms with Crippen LogP contribution in [0.3, 0.4) is 0 Å². The van der Waals surface area contributed by atoms with E-state index in [1.807, 2.05) is 0 Å². The van der Waals surface area contributed by atoms with E-state index in [0.29, 0.717) is 0 Å². The first-order chi connectivity index (χ1) is 8.90. The molecule has 19 heavy (non-hydrogen) atoms. The van der Waals surface area contributed by atoms with Gasteiger partial charge in [0.1, 0.15) is 0 Å². The minimum Gasteiger partial charge on any atom is -0.478 e. The SMILES string of the molecule is C=C(C)C(=O)O.CCC1=CCC(C=CN)(CC)C=C1. The average molecular weight is 263 g/mol. The van der Waals surface area contributed by atoms with E-state index in [0.717, 1.165) is 19.3 Å². The minimum absolute atomic E-state index is 0.176. The molecule has 0 saturated carbocycles. The zero-order valence-corrected chi connectivity index (χ0v) is 12.1. The summed E-state index contributed by atoms with van der Waals surface area (Å²) in [6.07, 6.45) is 13.9. The zero-order chi connectivity index (χ0) is 14.9. The van der Waals surface area contributed by atoms with E-state index in [4.69, 9.17) is 10.8 Å². The number of hydrogen-bond donors (Lipinski definition) is 2. The molecular weight excluding hydrogens is 238 g/mol. The van der Waals surface area contributed by atoms with Crippen molar-refractivity contribution in [1.82, 2.24) is 0 Å². The van der Waals surface area contributed by atoms with Gasteiger partial charge in [0.15, 0.2) is 0 Å². The topological polar surface area (TPSA) is 63.3 Å². The van der Waals surface area contributed by atoms with Crippen molar-refractivity contribution in [1.29, 1.82) is 0 Å². The maximum atomic E-state index is 9.60. The van der Waals surface area contributed by atoms with Crippen molar-refractivity contribution in [2.45, 2.75) is 40.0 Å². The first-order valence-corrected chi connectivity index (χ1v) is 6.57. The van der Waals surface area contributed by atoms with E-state index in [1.54, 1.807) is 6.20 Å². The summed E-state index contributed by atoms with van der Waals surface area (Å²) in [7, 11) is 0. The quantitative estimate of drug-likeness (QED) is 0.758. The fraction of sp³-hybridized carbons (Fsp3) is 0.438. The van der Waals surface area contributed by atoms with Crippen LogP contribution in [0.25, 0.3) is 0 Å². The molecule has 1 unspecified atom stereocenters. The molecule has 1 atom stereocenters. The van der Waals surface area contributed by atoms with E-state index in [2.05, 4.69) is 44.7 Å². The predicted octanol–water partition coefficient (Wildman–Crippen LogP) is 3.80. The molecule has 0 bridgehead atoms. The van der Waals surface area contributed by atoms with E-state index in [9.17, 15) is 4.79 Å². The lowest BCUT2D eigenvalue weighted by molar-refractivity contribution is -0.132. The molecule has 1 aliphatic rings. The van der Waals surface area contributed by atoms with E-state index in [1.165, 1.54) is 12.5 Å². The van der Waals surface area contributed by atoms with Gasteiger partial charge in [0.05, 0.1) is 0 Å². The summed E-state index contributed by atoms with van der Waals surface area (Å²) in [5.41, 5.74) is 7.26. The molecule has 106 valence electrons. The lowest BCUT2D eigenvalue weighted by Gasteiger charge is -2.27. The Kier molecular flexibility index (Phi) is 7.57. The number of hydrogen-bond acceptors (Lipinski definition) is 2. The third kappa shape index (κ3) is 6.09. The van der Waals surface area contributed by atoms with Crippen LogP contribution in [0.1, 0.15) is 40.0 Å². The highest BCUT2D eigenvalue weighted by Crippen LogP contribution is 2.34. The fourth-order valence-electron chi connectivity index (χ4n) is 1.69. The second-order valence-corrected chi connectivity index (χ2v) is 4.70. The Morgan fingerprint density at radius 1 is 1.58 bits per heavy atom. The van der Waals surface area contributed by atoms with E-state index in [-0.39, 0.29) is 11.0 Å². The normalized spacial score (nSPS) is 21.5. The van der Waals surface area contributed by atoms with E-state index >= 15 is 0 Å². The highest BCUT2D eigenvalue weighted by molar-refractivity contribution is 5.84. The number of carboxylic acid groups (broad SMARTS) is 1. The highest BCUT2D eigenvalue weighted by atomic mass is 16.4. The molecule has 0 aromatic heterocycles. The molecule has 3 N–H and O–H groups in total. The lowest BCUT2D eigenvalue weighted by atomic mass is 9.77. The van der Waals surface area contributed by atoms with Gasteiger partial charge < -0.3 is 10.8 Å².